The van der Waals surface area contributed by atoms with Crippen molar-refractivity contribution in [1.29, 1.82) is 0 Å². The predicted molar refractivity (Wildman–Crippen MR) is 130 cm³/mol. The van der Waals surface area contributed by atoms with E-state index in [0.29, 0.717) is 30.0 Å². The smallest absolute Gasteiger partial charge is 0.410 e. The van der Waals surface area contributed by atoms with Crippen molar-refractivity contribution in [3.63, 3.8) is 0 Å². The molecule has 0 aliphatic carbocycles. The number of ether oxygens (including phenoxy) is 2. The number of anilines is 1. The highest BCUT2D eigenvalue weighted by atomic mass is 19.1. The summed E-state index contributed by atoms with van der Waals surface area (Å²) in [4.78, 5) is 27.2. The van der Waals surface area contributed by atoms with Gasteiger partial charge in [0, 0.05) is 19.1 Å². The van der Waals surface area contributed by atoms with Crippen molar-refractivity contribution in [2.24, 2.45) is 0 Å². The van der Waals surface area contributed by atoms with Gasteiger partial charge < -0.3 is 24.8 Å². The lowest BCUT2D eigenvalue weighted by molar-refractivity contribution is 0.0206. The number of rotatable bonds is 5. The van der Waals surface area contributed by atoms with E-state index in [1.54, 1.807) is 24.9 Å². The van der Waals surface area contributed by atoms with Crippen LogP contribution in [0.15, 0.2) is 18.6 Å². The molecule has 1 aliphatic rings. The monoisotopic (exact) mass is 501 g/mol. The molecule has 4 rings (SSSR count). The van der Waals surface area contributed by atoms with Crippen LogP contribution in [0.2, 0.25) is 0 Å². The van der Waals surface area contributed by atoms with Crippen LogP contribution in [0.3, 0.4) is 0 Å². The van der Waals surface area contributed by atoms with E-state index < -0.39 is 17.0 Å². The Morgan fingerprint density at radius 2 is 1.97 bits per heavy atom. The van der Waals surface area contributed by atoms with Crippen molar-refractivity contribution in [3.8, 4) is 17.0 Å². The molecule has 12 heteroatoms. The number of fused-ring (bicyclic) bond motifs is 1. The highest BCUT2D eigenvalue weighted by molar-refractivity contribution is 5.75. The summed E-state index contributed by atoms with van der Waals surface area (Å²) < 4.78 is 27.2. The van der Waals surface area contributed by atoms with Gasteiger partial charge >= 0.3 is 6.09 Å². The summed E-state index contributed by atoms with van der Waals surface area (Å²) in [6.07, 6.45) is 5.32. The van der Waals surface area contributed by atoms with Crippen LogP contribution in [0.4, 0.5) is 15.1 Å². The van der Waals surface area contributed by atoms with Crippen molar-refractivity contribution in [2.75, 3.05) is 25.5 Å². The number of hydrogen-bond donors (Lipinski definition) is 2. The Kier molecular flexibility index (Phi) is 6.74. The molecule has 36 heavy (non-hydrogen) atoms. The number of halogens is 1. The van der Waals surface area contributed by atoms with Crippen LogP contribution >= 0.6 is 0 Å². The van der Waals surface area contributed by atoms with E-state index in [9.17, 15) is 14.3 Å². The minimum Gasteiger partial charge on any atom is -0.493 e. The van der Waals surface area contributed by atoms with E-state index in [4.69, 9.17) is 9.47 Å². The quantitative estimate of drug-likeness (QED) is 0.541. The Morgan fingerprint density at radius 1 is 1.22 bits per heavy atom. The summed E-state index contributed by atoms with van der Waals surface area (Å²) in [6, 6.07) is -0.127. The van der Waals surface area contributed by atoms with Crippen LogP contribution in [-0.2, 0) is 10.3 Å². The Hall–Kier alpha value is -3.54. The second-order valence-electron chi connectivity index (χ2n) is 10.3. The molecule has 0 bridgehead atoms. The molecule has 11 nitrogen and oxygen atoms in total. The average molecular weight is 502 g/mol. The number of carbonyl (C=O) groups is 1. The Balaban J connectivity index is 1.61. The lowest BCUT2D eigenvalue weighted by Gasteiger charge is -2.34. The molecule has 4 heterocycles. The van der Waals surface area contributed by atoms with E-state index >= 15 is 0 Å². The number of aliphatic hydroxyl groups is 1. The first-order valence-corrected chi connectivity index (χ1v) is 11.8. The minimum absolute atomic E-state index is 0.0154. The van der Waals surface area contributed by atoms with E-state index in [2.05, 4.69) is 25.4 Å². The first-order chi connectivity index (χ1) is 16.9. The number of likely N-dealkylation sites (tertiary alicyclic amines) is 1. The Bertz CT molecular complexity index is 1270. The Morgan fingerprint density at radius 3 is 2.64 bits per heavy atom. The predicted octanol–water partition coefficient (Wildman–Crippen LogP) is 3.37. The van der Waals surface area contributed by atoms with E-state index in [-0.39, 0.29) is 29.5 Å². The van der Waals surface area contributed by atoms with Gasteiger partial charge in [-0.25, -0.2) is 28.7 Å². The molecule has 1 amide bonds. The zero-order valence-corrected chi connectivity index (χ0v) is 21.4. The van der Waals surface area contributed by atoms with Crippen LogP contribution in [0.1, 0.15) is 53.2 Å². The number of aromatic nitrogens is 5. The van der Waals surface area contributed by atoms with Gasteiger partial charge in [-0.3, -0.25) is 0 Å². The zero-order chi connectivity index (χ0) is 26.3. The number of piperidine rings is 1. The van der Waals surface area contributed by atoms with Gasteiger partial charge in [0.15, 0.2) is 17.2 Å². The third-order valence-electron chi connectivity index (χ3n) is 5.66. The fraction of sp³-hybridized carbons (Fsp3) is 0.542. The van der Waals surface area contributed by atoms with Gasteiger partial charge in [0.1, 0.15) is 22.6 Å². The van der Waals surface area contributed by atoms with Gasteiger partial charge in [0.05, 0.1) is 31.3 Å². The fourth-order valence-corrected chi connectivity index (χ4v) is 4.05. The number of hydrogen-bond acceptors (Lipinski definition) is 9. The van der Waals surface area contributed by atoms with E-state index in [1.807, 2.05) is 20.8 Å². The maximum Gasteiger partial charge on any atom is 0.410 e. The standard InChI is InChI=1S/C24H32FN7O4/c1-23(2,3)36-22(33)31-9-7-8-14(12-31)28-21-26-11-16(25)18(29-21)15-10-27-32-13-17(35-6)19(24(4,5)34)30-20(15)32/h10-11,13-14,34H,7-9,12H2,1-6H3,(H,26,28,29)/t14-/m1/s1. The molecule has 1 fully saturated rings. The summed E-state index contributed by atoms with van der Waals surface area (Å²) in [6.45, 7) is 9.67. The van der Waals surface area contributed by atoms with Gasteiger partial charge in [-0.15, -0.1) is 0 Å². The second kappa shape index (κ2) is 9.49. The number of methoxy groups -OCH3 is 1. The van der Waals surface area contributed by atoms with Crippen LogP contribution in [0.25, 0.3) is 16.9 Å². The topological polar surface area (TPSA) is 127 Å². The van der Waals surface area contributed by atoms with Gasteiger partial charge in [0.25, 0.3) is 0 Å². The number of amides is 1. The third kappa shape index (κ3) is 5.48. The van der Waals surface area contributed by atoms with Crippen molar-refractivity contribution >= 4 is 17.7 Å². The number of nitrogens with zero attached hydrogens (tertiary/aromatic N) is 6. The molecule has 194 valence electrons. The van der Waals surface area contributed by atoms with Crippen molar-refractivity contribution < 1.29 is 23.8 Å². The van der Waals surface area contributed by atoms with Crippen molar-refractivity contribution in [2.45, 2.75) is 64.7 Å². The number of carbonyl (C=O) groups excluding carboxylic acids is 1. The zero-order valence-electron chi connectivity index (χ0n) is 21.4. The van der Waals surface area contributed by atoms with Crippen LogP contribution in [0.5, 0.6) is 5.75 Å². The largest absolute Gasteiger partial charge is 0.493 e. The normalized spacial score (nSPS) is 16.8. The summed E-state index contributed by atoms with van der Waals surface area (Å²) in [5, 5.41) is 18.0. The molecule has 0 aromatic carbocycles. The first kappa shape index (κ1) is 25.5. The molecule has 1 saturated heterocycles. The van der Waals surface area contributed by atoms with E-state index in [0.717, 1.165) is 19.0 Å². The molecule has 0 saturated carbocycles. The van der Waals surface area contributed by atoms with Crippen LogP contribution < -0.4 is 10.1 Å². The minimum atomic E-state index is -1.30. The van der Waals surface area contributed by atoms with Crippen molar-refractivity contribution in [1.82, 2.24) is 29.5 Å². The lowest BCUT2D eigenvalue weighted by atomic mass is 10.0. The third-order valence-corrected chi connectivity index (χ3v) is 5.66. The molecular weight excluding hydrogens is 469 g/mol. The molecule has 0 spiro atoms. The Labute approximate surface area is 208 Å². The second-order valence-corrected chi connectivity index (χ2v) is 10.3. The summed E-state index contributed by atoms with van der Waals surface area (Å²) >= 11 is 0. The first-order valence-electron chi connectivity index (χ1n) is 11.8. The molecule has 1 aliphatic heterocycles. The highest BCUT2D eigenvalue weighted by Crippen LogP contribution is 2.32. The SMILES string of the molecule is COc1cn2ncc(-c3nc(N[C@@H]4CCCN(C(=O)OC(C)(C)C)C4)ncc3F)c2nc1C(C)(C)O. The van der Waals surface area contributed by atoms with Gasteiger partial charge in [0.2, 0.25) is 5.95 Å². The summed E-state index contributed by atoms with van der Waals surface area (Å²) in [5.74, 6) is -0.0723. The molecule has 3 aromatic rings. The molecule has 0 unspecified atom stereocenters. The number of nitrogens with one attached hydrogen (secondary N) is 1. The van der Waals surface area contributed by atoms with Gasteiger partial charge in [-0.2, -0.15) is 5.10 Å². The highest BCUT2D eigenvalue weighted by Gasteiger charge is 2.29. The molecule has 2 N–H and O–H groups in total. The summed E-state index contributed by atoms with van der Waals surface area (Å²) in [7, 11) is 1.47. The fourth-order valence-electron chi connectivity index (χ4n) is 4.05. The average Bonchev–Trinajstić information content (AvgIpc) is 3.21. The molecular formula is C24H32FN7O4. The maximum atomic E-state index is 14.9. The van der Waals surface area contributed by atoms with E-state index in [1.165, 1.54) is 17.8 Å². The summed E-state index contributed by atoms with van der Waals surface area (Å²) in [5.41, 5.74) is -0.926. The molecule has 0 radical (unpaired) electrons. The maximum absolute atomic E-state index is 14.9. The van der Waals surface area contributed by atoms with Gasteiger partial charge in [-0.1, -0.05) is 0 Å². The van der Waals surface area contributed by atoms with Gasteiger partial charge in [-0.05, 0) is 47.5 Å². The van der Waals surface area contributed by atoms with Crippen LogP contribution in [0, 0.1) is 5.82 Å². The molecule has 3 aromatic heterocycles. The van der Waals surface area contributed by atoms with Crippen LogP contribution in [-0.4, -0.2) is 72.5 Å². The van der Waals surface area contributed by atoms with Crippen molar-refractivity contribution in [3.05, 3.63) is 30.1 Å². The lowest BCUT2D eigenvalue weighted by Crippen LogP contribution is -2.47. The molecule has 1 atom stereocenters.